The first kappa shape index (κ1) is 14.9. The van der Waals surface area contributed by atoms with Gasteiger partial charge in [-0.25, -0.2) is 0 Å². The van der Waals surface area contributed by atoms with Gasteiger partial charge in [-0.2, -0.15) is 17.0 Å². The summed E-state index contributed by atoms with van der Waals surface area (Å²) in [6.45, 7) is 4.52. The fourth-order valence-corrected chi connectivity index (χ4v) is 3.66. The van der Waals surface area contributed by atoms with Gasteiger partial charge in [0.25, 0.3) is 10.2 Å². The fraction of sp³-hybridized carbons (Fsp3) is 1.00. The smallest absolute Gasteiger partial charge is 0.281 e. The molecule has 0 bridgehead atoms. The maximum Gasteiger partial charge on any atom is 0.281 e. The Labute approximate surface area is 105 Å². The van der Waals surface area contributed by atoms with E-state index in [1.165, 1.54) is 4.31 Å². The predicted molar refractivity (Wildman–Crippen MR) is 68.0 cm³/mol. The van der Waals surface area contributed by atoms with Crippen LogP contribution in [0.3, 0.4) is 0 Å². The van der Waals surface area contributed by atoms with Crippen molar-refractivity contribution in [2.45, 2.75) is 26.2 Å². The van der Waals surface area contributed by atoms with Crippen LogP contribution in [-0.4, -0.2) is 57.4 Å². The molecule has 1 aliphatic rings. The Bertz CT molecular complexity index is 319. The molecule has 1 aliphatic heterocycles. The number of ether oxygens (including phenoxy) is 1. The molecule has 1 heterocycles. The maximum absolute atomic E-state index is 12.2. The molecule has 0 aliphatic carbocycles. The van der Waals surface area contributed by atoms with E-state index in [9.17, 15) is 8.42 Å². The SMILES string of the molecule is COCCCN(C)S(=O)(=O)N1CCCC(C)C1. The average molecular weight is 264 g/mol. The van der Waals surface area contributed by atoms with E-state index >= 15 is 0 Å². The van der Waals surface area contributed by atoms with E-state index in [0.29, 0.717) is 32.2 Å². The summed E-state index contributed by atoms with van der Waals surface area (Å²) in [4.78, 5) is 0. The highest BCUT2D eigenvalue weighted by Crippen LogP contribution is 2.19. The van der Waals surface area contributed by atoms with Gasteiger partial charge in [0.1, 0.15) is 0 Å². The van der Waals surface area contributed by atoms with Gasteiger partial charge < -0.3 is 4.74 Å². The monoisotopic (exact) mass is 264 g/mol. The second-order valence-corrected chi connectivity index (χ2v) is 6.82. The highest BCUT2D eigenvalue weighted by molar-refractivity contribution is 7.86. The van der Waals surface area contributed by atoms with Crippen molar-refractivity contribution in [2.24, 2.45) is 5.92 Å². The first-order valence-corrected chi connectivity index (χ1v) is 7.58. The lowest BCUT2D eigenvalue weighted by atomic mass is 10.0. The van der Waals surface area contributed by atoms with E-state index in [2.05, 4.69) is 6.92 Å². The van der Waals surface area contributed by atoms with Gasteiger partial charge >= 0.3 is 0 Å². The summed E-state index contributed by atoms with van der Waals surface area (Å²) in [5.41, 5.74) is 0. The predicted octanol–water partition coefficient (Wildman–Crippen LogP) is 0.931. The first-order valence-electron chi connectivity index (χ1n) is 6.19. The number of piperidine rings is 1. The minimum Gasteiger partial charge on any atom is -0.385 e. The lowest BCUT2D eigenvalue weighted by Gasteiger charge is -2.33. The van der Waals surface area contributed by atoms with Crippen molar-refractivity contribution < 1.29 is 13.2 Å². The lowest BCUT2D eigenvalue weighted by Crippen LogP contribution is -2.46. The van der Waals surface area contributed by atoms with Gasteiger partial charge in [-0.3, -0.25) is 0 Å². The summed E-state index contributed by atoms with van der Waals surface area (Å²) < 4.78 is 32.4. The van der Waals surface area contributed by atoms with Crippen LogP contribution in [0.1, 0.15) is 26.2 Å². The highest BCUT2D eigenvalue weighted by Gasteiger charge is 2.29. The normalized spacial score (nSPS) is 23.2. The van der Waals surface area contributed by atoms with Crippen LogP contribution >= 0.6 is 0 Å². The summed E-state index contributed by atoms with van der Waals surface area (Å²) in [5, 5.41) is 0. The van der Waals surface area contributed by atoms with Gasteiger partial charge in [-0.05, 0) is 25.2 Å². The summed E-state index contributed by atoms with van der Waals surface area (Å²) in [5.74, 6) is 0.464. The summed E-state index contributed by atoms with van der Waals surface area (Å²) >= 11 is 0. The molecule has 0 aromatic heterocycles. The minimum atomic E-state index is -3.26. The molecule has 0 N–H and O–H groups in total. The average Bonchev–Trinajstić information content (AvgIpc) is 2.29. The molecule has 0 aromatic rings. The van der Waals surface area contributed by atoms with E-state index in [4.69, 9.17) is 4.74 Å². The molecule has 0 spiro atoms. The Morgan fingerprint density at radius 1 is 1.47 bits per heavy atom. The molecule has 0 amide bonds. The largest absolute Gasteiger partial charge is 0.385 e. The molecule has 1 fully saturated rings. The van der Waals surface area contributed by atoms with E-state index < -0.39 is 10.2 Å². The topological polar surface area (TPSA) is 49.9 Å². The molecule has 5 nitrogen and oxygen atoms in total. The van der Waals surface area contributed by atoms with Crippen LogP contribution in [0.4, 0.5) is 0 Å². The van der Waals surface area contributed by atoms with Crippen LogP contribution in [0, 0.1) is 5.92 Å². The van der Waals surface area contributed by atoms with Crippen molar-refractivity contribution in [3.63, 3.8) is 0 Å². The Morgan fingerprint density at radius 2 is 2.18 bits per heavy atom. The fourth-order valence-electron chi connectivity index (χ4n) is 2.10. The molecule has 0 radical (unpaired) electrons. The van der Waals surface area contributed by atoms with E-state index in [0.717, 1.165) is 19.3 Å². The maximum atomic E-state index is 12.2. The van der Waals surface area contributed by atoms with Crippen molar-refractivity contribution in [1.82, 2.24) is 8.61 Å². The number of nitrogens with zero attached hydrogens (tertiary/aromatic N) is 2. The molecule has 6 heteroatoms. The van der Waals surface area contributed by atoms with Gasteiger partial charge in [0.2, 0.25) is 0 Å². The van der Waals surface area contributed by atoms with Gasteiger partial charge in [-0.15, -0.1) is 0 Å². The van der Waals surface area contributed by atoms with Crippen molar-refractivity contribution in [3.8, 4) is 0 Å². The van der Waals surface area contributed by atoms with Gasteiger partial charge in [0, 0.05) is 40.4 Å². The van der Waals surface area contributed by atoms with Gasteiger partial charge in [-0.1, -0.05) is 6.92 Å². The lowest BCUT2D eigenvalue weighted by molar-refractivity contribution is 0.187. The van der Waals surface area contributed by atoms with Crippen LogP contribution in [0.2, 0.25) is 0 Å². The van der Waals surface area contributed by atoms with Crippen molar-refractivity contribution in [1.29, 1.82) is 0 Å². The summed E-state index contributed by atoms with van der Waals surface area (Å²) in [6.07, 6.45) is 2.82. The molecule has 1 rings (SSSR count). The molecule has 102 valence electrons. The van der Waals surface area contributed by atoms with Crippen molar-refractivity contribution >= 4 is 10.2 Å². The van der Waals surface area contributed by atoms with Crippen molar-refractivity contribution in [2.75, 3.05) is 40.4 Å². The molecule has 1 unspecified atom stereocenters. The number of rotatable bonds is 6. The molecule has 1 saturated heterocycles. The Morgan fingerprint density at radius 3 is 2.76 bits per heavy atom. The minimum absolute atomic E-state index is 0.464. The Balaban J connectivity index is 2.53. The van der Waals surface area contributed by atoms with Crippen LogP contribution < -0.4 is 0 Å². The molecule has 0 aromatic carbocycles. The third-order valence-electron chi connectivity index (χ3n) is 3.16. The second-order valence-electron chi connectivity index (χ2n) is 4.78. The number of hydrogen-bond donors (Lipinski definition) is 0. The standard InChI is InChI=1S/C11H24N2O3S/c1-11-6-4-8-13(10-11)17(14,15)12(2)7-5-9-16-3/h11H,4-10H2,1-3H3. The molecular weight excluding hydrogens is 240 g/mol. The quantitative estimate of drug-likeness (QED) is 0.671. The highest BCUT2D eigenvalue weighted by atomic mass is 32.2. The summed E-state index contributed by atoms with van der Waals surface area (Å²) in [7, 11) is 0.00462. The zero-order chi connectivity index (χ0) is 12.9. The number of hydrogen-bond acceptors (Lipinski definition) is 3. The van der Waals surface area contributed by atoms with E-state index in [1.807, 2.05) is 0 Å². The van der Waals surface area contributed by atoms with Crippen molar-refractivity contribution in [3.05, 3.63) is 0 Å². The van der Waals surface area contributed by atoms with Gasteiger partial charge in [0.15, 0.2) is 0 Å². The van der Waals surface area contributed by atoms with Crippen LogP contribution in [0.25, 0.3) is 0 Å². The zero-order valence-corrected chi connectivity index (χ0v) is 11.9. The first-order chi connectivity index (χ1) is 7.98. The second kappa shape index (κ2) is 6.68. The molecule has 0 saturated carbocycles. The van der Waals surface area contributed by atoms with Gasteiger partial charge in [0.05, 0.1) is 0 Å². The van der Waals surface area contributed by atoms with E-state index in [1.54, 1.807) is 18.5 Å². The zero-order valence-electron chi connectivity index (χ0n) is 11.1. The number of methoxy groups -OCH3 is 1. The van der Waals surface area contributed by atoms with E-state index in [-0.39, 0.29) is 0 Å². The molecule has 17 heavy (non-hydrogen) atoms. The molecular formula is C11H24N2O3S. The molecule has 1 atom stereocenters. The third kappa shape index (κ3) is 4.21. The Hall–Kier alpha value is -0.170. The van der Waals surface area contributed by atoms with Crippen LogP contribution in [0.5, 0.6) is 0 Å². The summed E-state index contributed by atoms with van der Waals surface area (Å²) in [6, 6.07) is 0. The van der Waals surface area contributed by atoms with Crippen LogP contribution in [0.15, 0.2) is 0 Å². The third-order valence-corrected chi connectivity index (χ3v) is 5.12. The van der Waals surface area contributed by atoms with Crippen LogP contribution in [-0.2, 0) is 14.9 Å². The Kier molecular flexibility index (Phi) is 5.85.